The number of nitrogen functional groups attached to an aromatic ring is 1. The number of aromatic nitrogens is 2. The van der Waals surface area contributed by atoms with Gasteiger partial charge in [0.2, 0.25) is 0 Å². The lowest BCUT2D eigenvalue weighted by atomic mass is 10.1. The number of nitrogens with one attached hydrogen (secondary N) is 1. The van der Waals surface area contributed by atoms with E-state index in [1.54, 1.807) is 0 Å². The molecule has 5 nitrogen and oxygen atoms in total. The zero-order valence-electron chi connectivity index (χ0n) is 11.6. The van der Waals surface area contributed by atoms with E-state index in [4.69, 9.17) is 5.73 Å². The van der Waals surface area contributed by atoms with Crippen molar-refractivity contribution in [2.24, 2.45) is 0 Å². The molecule has 104 valence electrons. The first kappa shape index (κ1) is 12.9. The summed E-state index contributed by atoms with van der Waals surface area (Å²) in [7, 11) is 2.14. The van der Waals surface area contributed by atoms with Crippen LogP contribution in [0.5, 0.6) is 0 Å². The maximum absolute atomic E-state index is 5.66. The largest absolute Gasteiger partial charge is 0.399 e. The zero-order chi connectivity index (χ0) is 13.9. The second kappa shape index (κ2) is 5.46. The number of likely N-dealkylation sites (N-methyl/N-ethyl adjacent to an activating group) is 1. The Kier molecular flexibility index (Phi) is 3.52. The van der Waals surface area contributed by atoms with E-state index in [2.05, 4.69) is 33.5 Å². The van der Waals surface area contributed by atoms with Gasteiger partial charge >= 0.3 is 0 Å². The summed E-state index contributed by atoms with van der Waals surface area (Å²) in [5.41, 5.74) is 8.45. The third-order valence-corrected chi connectivity index (χ3v) is 3.68. The summed E-state index contributed by atoms with van der Waals surface area (Å²) < 4.78 is 0. The molecule has 5 heteroatoms. The Balaban J connectivity index is 1.68. The quantitative estimate of drug-likeness (QED) is 0.836. The molecule has 0 amide bonds. The molecule has 1 aromatic heterocycles. The Labute approximate surface area is 118 Å². The van der Waals surface area contributed by atoms with E-state index in [1.807, 2.05) is 30.3 Å². The van der Waals surface area contributed by atoms with E-state index in [0.717, 1.165) is 42.4 Å². The van der Waals surface area contributed by atoms with Crippen LogP contribution in [0.1, 0.15) is 18.0 Å². The fourth-order valence-corrected chi connectivity index (χ4v) is 2.52. The van der Waals surface area contributed by atoms with Gasteiger partial charge in [-0.15, -0.1) is 5.10 Å². The lowest BCUT2D eigenvalue weighted by molar-refractivity contribution is 0.410. The number of likely N-dealkylation sites (tertiary alicyclic amines) is 1. The van der Waals surface area contributed by atoms with E-state index in [9.17, 15) is 0 Å². The third kappa shape index (κ3) is 2.88. The van der Waals surface area contributed by atoms with Gasteiger partial charge in [0, 0.05) is 23.8 Å². The zero-order valence-corrected chi connectivity index (χ0v) is 11.6. The summed E-state index contributed by atoms with van der Waals surface area (Å²) in [6, 6.07) is 11.6. The van der Waals surface area contributed by atoms with Crippen molar-refractivity contribution < 1.29 is 0 Å². The minimum atomic E-state index is 0.512. The maximum atomic E-state index is 5.66. The molecule has 2 heterocycles. The summed E-state index contributed by atoms with van der Waals surface area (Å²) in [5.74, 6) is 1.27. The molecular weight excluding hydrogens is 250 g/mol. The fraction of sp³-hybridized carbons (Fsp3) is 0.333. The molecule has 0 spiro atoms. The van der Waals surface area contributed by atoms with Gasteiger partial charge in [0.05, 0.1) is 5.69 Å². The summed E-state index contributed by atoms with van der Waals surface area (Å²) in [6.07, 6.45) is 1.16. The van der Waals surface area contributed by atoms with E-state index in [1.165, 1.54) is 0 Å². The summed E-state index contributed by atoms with van der Waals surface area (Å²) >= 11 is 0. The van der Waals surface area contributed by atoms with Crippen LogP contribution in [0.4, 0.5) is 17.2 Å². The highest BCUT2D eigenvalue weighted by atomic mass is 15.2. The molecule has 3 rings (SSSR count). The van der Waals surface area contributed by atoms with Crippen molar-refractivity contribution in [1.29, 1.82) is 0 Å². The molecule has 1 saturated heterocycles. The summed E-state index contributed by atoms with van der Waals surface area (Å²) in [5, 5.41) is 11.8. The second-order valence-electron chi connectivity index (χ2n) is 5.34. The highest BCUT2D eigenvalue weighted by molar-refractivity contribution is 5.58. The van der Waals surface area contributed by atoms with Crippen LogP contribution in [0.3, 0.4) is 0 Å². The van der Waals surface area contributed by atoms with Crippen LogP contribution >= 0.6 is 0 Å². The van der Waals surface area contributed by atoms with Crippen LogP contribution in [0.25, 0.3) is 0 Å². The van der Waals surface area contributed by atoms with Crippen molar-refractivity contribution in [1.82, 2.24) is 15.1 Å². The highest BCUT2D eigenvalue weighted by Gasteiger charge is 2.22. The molecule has 1 aliphatic rings. The molecule has 0 aliphatic carbocycles. The Bertz CT molecular complexity index is 564. The lowest BCUT2D eigenvalue weighted by Crippen LogP contribution is -2.14. The van der Waals surface area contributed by atoms with E-state index >= 15 is 0 Å². The Morgan fingerprint density at radius 3 is 2.55 bits per heavy atom. The smallest absolute Gasteiger partial charge is 0.153 e. The predicted molar refractivity (Wildman–Crippen MR) is 81.0 cm³/mol. The van der Waals surface area contributed by atoms with Crippen LogP contribution in [0, 0.1) is 0 Å². The topological polar surface area (TPSA) is 67.1 Å². The molecule has 0 bridgehead atoms. The molecule has 1 aliphatic heterocycles. The van der Waals surface area contributed by atoms with Gasteiger partial charge in [0.15, 0.2) is 5.82 Å². The molecule has 0 saturated carbocycles. The molecule has 1 fully saturated rings. The van der Waals surface area contributed by atoms with Crippen LogP contribution in [0.15, 0.2) is 36.4 Å². The molecule has 20 heavy (non-hydrogen) atoms. The molecule has 3 N–H and O–H groups in total. The minimum Gasteiger partial charge on any atom is -0.399 e. The number of hydrogen-bond acceptors (Lipinski definition) is 5. The van der Waals surface area contributed by atoms with Crippen molar-refractivity contribution in [2.75, 3.05) is 31.2 Å². The normalized spacial score (nSPS) is 19.1. The Morgan fingerprint density at radius 2 is 1.95 bits per heavy atom. The number of benzene rings is 1. The first-order chi connectivity index (χ1) is 9.70. The number of anilines is 3. The van der Waals surface area contributed by atoms with Crippen LogP contribution in [0.2, 0.25) is 0 Å². The van der Waals surface area contributed by atoms with E-state index in [0.29, 0.717) is 5.92 Å². The van der Waals surface area contributed by atoms with Crippen LogP contribution < -0.4 is 11.1 Å². The standard InChI is InChI=1S/C15H19N5/c1-20-9-8-11(10-20)14-6-7-15(19-18-14)17-13-4-2-12(16)3-5-13/h2-7,11H,8-10,16H2,1H3,(H,17,19). The van der Waals surface area contributed by atoms with Crippen LogP contribution in [-0.2, 0) is 0 Å². The van der Waals surface area contributed by atoms with E-state index < -0.39 is 0 Å². The van der Waals surface area contributed by atoms with Gasteiger partial charge in [0.25, 0.3) is 0 Å². The molecule has 0 radical (unpaired) electrons. The third-order valence-electron chi connectivity index (χ3n) is 3.68. The van der Waals surface area contributed by atoms with Crippen molar-refractivity contribution in [3.63, 3.8) is 0 Å². The van der Waals surface area contributed by atoms with Crippen LogP contribution in [-0.4, -0.2) is 35.2 Å². The molecule has 1 aromatic carbocycles. The van der Waals surface area contributed by atoms with Gasteiger partial charge in [-0.1, -0.05) is 0 Å². The van der Waals surface area contributed by atoms with Crippen molar-refractivity contribution in [2.45, 2.75) is 12.3 Å². The monoisotopic (exact) mass is 269 g/mol. The summed E-state index contributed by atoms with van der Waals surface area (Å²) in [6.45, 7) is 2.21. The fourth-order valence-electron chi connectivity index (χ4n) is 2.52. The highest BCUT2D eigenvalue weighted by Crippen LogP contribution is 2.25. The van der Waals surface area contributed by atoms with Gasteiger partial charge in [0.1, 0.15) is 0 Å². The molecule has 2 aromatic rings. The van der Waals surface area contributed by atoms with Crippen molar-refractivity contribution >= 4 is 17.2 Å². The van der Waals surface area contributed by atoms with Gasteiger partial charge < -0.3 is 16.0 Å². The second-order valence-corrected chi connectivity index (χ2v) is 5.34. The number of nitrogens with two attached hydrogens (primary N) is 1. The van der Waals surface area contributed by atoms with Gasteiger partial charge in [-0.25, -0.2) is 0 Å². The van der Waals surface area contributed by atoms with Crippen molar-refractivity contribution in [3.8, 4) is 0 Å². The average Bonchev–Trinajstić information content (AvgIpc) is 2.89. The number of hydrogen-bond donors (Lipinski definition) is 2. The first-order valence-electron chi connectivity index (χ1n) is 6.85. The van der Waals surface area contributed by atoms with E-state index in [-0.39, 0.29) is 0 Å². The predicted octanol–water partition coefficient (Wildman–Crippen LogP) is 2.22. The maximum Gasteiger partial charge on any atom is 0.153 e. The SMILES string of the molecule is CN1CCC(c2ccc(Nc3ccc(N)cc3)nn2)C1. The van der Waals surface area contributed by atoms with Gasteiger partial charge in [-0.2, -0.15) is 5.10 Å². The van der Waals surface area contributed by atoms with Gasteiger partial charge in [-0.05, 0) is 56.4 Å². The number of nitrogens with zero attached hydrogens (tertiary/aromatic N) is 3. The Hall–Kier alpha value is -2.14. The van der Waals surface area contributed by atoms with Crippen molar-refractivity contribution in [3.05, 3.63) is 42.1 Å². The first-order valence-corrected chi connectivity index (χ1v) is 6.85. The number of rotatable bonds is 3. The molecule has 1 unspecified atom stereocenters. The molecular formula is C15H19N5. The Morgan fingerprint density at radius 1 is 1.15 bits per heavy atom. The average molecular weight is 269 g/mol. The summed E-state index contributed by atoms with van der Waals surface area (Å²) in [4.78, 5) is 2.33. The van der Waals surface area contributed by atoms with Gasteiger partial charge in [-0.3, -0.25) is 0 Å². The molecule has 1 atom stereocenters. The lowest BCUT2D eigenvalue weighted by Gasteiger charge is -2.10. The minimum absolute atomic E-state index is 0.512.